The van der Waals surface area contributed by atoms with E-state index in [1.807, 2.05) is 6.07 Å². The number of aromatic nitrogens is 1. The molecule has 16 heavy (non-hydrogen) atoms. The van der Waals surface area contributed by atoms with Crippen molar-refractivity contribution in [2.45, 2.75) is 26.8 Å². The molecule has 3 nitrogen and oxygen atoms in total. The van der Waals surface area contributed by atoms with Crippen LogP contribution in [0.3, 0.4) is 0 Å². The van der Waals surface area contributed by atoms with Crippen LogP contribution in [0.1, 0.15) is 35.5 Å². The molecular formula is C12H15ClN2O. The second kappa shape index (κ2) is 4.52. The summed E-state index contributed by atoms with van der Waals surface area (Å²) in [5.74, 6) is -0.0195. The molecule has 2 heterocycles. The predicted octanol–water partition coefficient (Wildman–Crippen LogP) is 2.32. The molecule has 1 aliphatic rings. The molecule has 0 bridgehead atoms. The first-order valence-electron chi connectivity index (χ1n) is 5.53. The molecule has 0 aromatic carbocycles. The maximum Gasteiger partial charge on any atom is 0.162 e. The minimum Gasteiger partial charge on any atom is -0.299 e. The van der Waals surface area contributed by atoms with Crippen LogP contribution in [0.2, 0.25) is 5.15 Å². The van der Waals surface area contributed by atoms with Crippen molar-refractivity contribution in [1.29, 1.82) is 0 Å². The lowest BCUT2D eigenvalue weighted by Gasteiger charge is -2.27. The molecule has 0 unspecified atom stereocenters. The van der Waals surface area contributed by atoms with Crippen LogP contribution in [-0.4, -0.2) is 28.8 Å². The van der Waals surface area contributed by atoms with Crippen molar-refractivity contribution in [2.75, 3.05) is 13.1 Å². The van der Waals surface area contributed by atoms with E-state index in [2.05, 4.69) is 16.8 Å². The van der Waals surface area contributed by atoms with Crippen LogP contribution in [0.15, 0.2) is 6.07 Å². The monoisotopic (exact) mass is 238 g/mol. The molecule has 0 N–H and O–H groups in total. The molecule has 1 aliphatic heterocycles. The molecule has 0 radical (unpaired) electrons. The maximum atomic E-state index is 11.4. The Hall–Kier alpha value is -0.930. The number of rotatable bonds is 2. The van der Waals surface area contributed by atoms with Crippen LogP contribution < -0.4 is 0 Å². The quantitative estimate of drug-likeness (QED) is 0.586. The molecule has 0 saturated heterocycles. The second-order valence-corrected chi connectivity index (χ2v) is 4.47. The van der Waals surface area contributed by atoms with E-state index in [4.69, 9.17) is 11.6 Å². The van der Waals surface area contributed by atoms with Crippen molar-refractivity contribution < 1.29 is 4.79 Å². The molecule has 0 aliphatic carbocycles. The Balaban J connectivity index is 2.39. The summed E-state index contributed by atoms with van der Waals surface area (Å²) in [6, 6.07) is 1.90. The fourth-order valence-electron chi connectivity index (χ4n) is 2.02. The van der Waals surface area contributed by atoms with Crippen molar-refractivity contribution in [1.82, 2.24) is 9.88 Å². The summed E-state index contributed by atoms with van der Waals surface area (Å²) in [5.41, 5.74) is 2.72. The Kier molecular flexibility index (Phi) is 3.26. The van der Waals surface area contributed by atoms with Gasteiger partial charge in [-0.3, -0.25) is 9.69 Å². The Bertz CT molecular complexity index is 431. The minimum absolute atomic E-state index is 0.0195. The summed E-state index contributed by atoms with van der Waals surface area (Å²) in [4.78, 5) is 18.0. The first-order chi connectivity index (χ1) is 7.61. The van der Waals surface area contributed by atoms with Gasteiger partial charge in [0.2, 0.25) is 0 Å². The first-order valence-corrected chi connectivity index (χ1v) is 5.91. The molecule has 4 heteroatoms. The second-order valence-electron chi connectivity index (χ2n) is 4.11. The van der Waals surface area contributed by atoms with Crippen LogP contribution >= 0.6 is 11.6 Å². The fraction of sp³-hybridized carbons (Fsp3) is 0.500. The number of fused-ring (bicyclic) bond motifs is 1. The van der Waals surface area contributed by atoms with Gasteiger partial charge in [0.1, 0.15) is 5.15 Å². The summed E-state index contributed by atoms with van der Waals surface area (Å²) in [7, 11) is 0. The molecular weight excluding hydrogens is 224 g/mol. The van der Waals surface area contributed by atoms with Gasteiger partial charge in [-0.1, -0.05) is 18.5 Å². The summed E-state index contributed by atoms with van der Waals surface area (Å²) < 4.78 is 0. The fourth-order valence-corrected chi connectivity index (χ4v) is 2.31. The van der Waals surface area contributed by atoms with Gasteiger partial charge in [0.15, 0.2) is 5.78 Å². The normalized spacial score (nSPS) is 15.9. The van der Waals surface area contributed by atoms with Crippen molar-refractivity contribution in [3.05, 3.63) is 28.0 Å². The van der Waals surface area contributed by atoms with E-state index < -0.39 is 0 Å². The largest absolute Gasteiger partial charge is 0.299 e. The lowest BCUT2D eigenvalue weighted by atomic mass is 10.0. The summed E-state index contributed by atoms with van der Waals surface area (Å²) in [6.45, 7) is 6.58. The summed E-state index contributed by atoms with van der Waals surface area (Å²) in [5, 5.41) is 0.344. The number of nitrogens with zero attached hydrogens (tertiary/aromatic N) is 2. The van der Waals surface area contributed by atoms with Crippen LogP contribution in [0.25, 0.3) is 0 Å². The van der Waals surface area contributed by atoms with E-state index in [0.29, 0.717) is 10.7 Å². The molecule has 0 saturated carbocycles. The third-order valence-corrected chi connectivity index (χ3v) is 3.32. The van der Waals surface area contributed by atoms with Gasteiger partial charge in [0.05, 0.1) is 5.56 Å². The number of hydrogen-bond acceptors (Lipinski definition) is 3. The van der Waals surface area contributed by atoms with Crippen LogP contribution in [0.5, 0.6) is 0 Å². The highest BCUT2D eigenvalue weighted by atomic mass is 35.5. The standard InChI is InChI=1S/C12H15ClN2O/c1-3-15-5-4-11-9(7-15)6-10(8(2)16)12(13)14-11/h6H,3-5,7H2,1-2H3. The van der Waals surface area contributed by atoms with Gasteiger partial charge in [-0.05, 0) is 25.1 Å². The minimum atomic E-state index is -0.0195. The van der Waals surface area contributed by atoms with Gasteiger partial charge in [-0.15, -0.1) is 0 Å². The Morgan fingerprint density at radius 3 is 3.00 bits per heavy atom. The number of likely N-dealkylation sites (N-methyl/N-ethyl adjacent to an activating group) is 1. The summed E-state index contributed by atoms with van der Waals surface area (Å²) >= 11 is 5.98. The van der Waals surface area contributed by atoms with Crippen molar-refractivity contribution in [2.24, 2.45) is 0 Å². The smallest absolute Gasteiger partial charge is 0.162 e. The van der Waals surface area contributed by atoms with E-state index in [0.717, 1.165) is 37.3 Å². The Labute approximate surface area is 100 Å². The average Bonchev–Trinajstić information content (AvgIpc) is 2.27. The Morgan fingerprint density at radius 2 is 2.38 bits per heavy atom. The van der Waals surface area contributed by atoms with Crippen LogP contribution in [-0.2, 0) is 13.0 Å². The Morgan fingerprint density at radius 1 is 1.62 bits per heavy atom. The van der Waals surface area contributed by atoms with Gasteiger partial charge in [-0.2, -0.15) is 0 Å². The van der Waals surface area contributed by atoms with Crippen molar-refractivity contribution >= 4 is 17.4 Å². The molecule has 1 aromatic rings. The zero-order valence-electron chi connectivity index (χ0n) is 9.59. The number of ketones is 1. The van der Waals surface area contributed by atoms with Gasteiger partial charge < -0.3 is 0 Å². The highest BCUT2D eigenvalue weighted by Crippen LogP contribution is 2.23. The summed E-state index contributed by atoms with van der Waals surface area (Å²) in [6.07, 6.45) is 0.918. The number of carbonyl (C=O) groups is 1. The van der Waals surface area contributed by atoms with E-state index in [-0.39, 0.29) is 5.78 Å². The first kappa shape index (κ1) is 11.6. The number of Topliss-reactive ketones (excluding diaryl/α,β-unsaturated/α-hetero) is 1. The zero-order chi connectivity index (χ0) is 11.7. The van der Waals surface area contributed by atoms with Crippen LogP contribution in [0.4, 0.5) is 0 Å². The topological polar surface area (TPSA) is 33.2 Å². The lowest BCUT2D eigenvalue weighted by Crippen LogP contribution is -2.31. The van der Waals surface area contributed by atoms with Crippen molar-refractivity contribution in [3.63, 3.8) is 0 Å². The molecule has 0 atom stereocenters. The van der Waals surface area contributed by atoms with E-state index in [9.17, 15) is 4.79 Å². The van der Waals surface area contributed by atoms with Gasteiger partial charge in [0, 0.05) is 25.2 Å². The van der Waals surface area contributed by atoms with E-state index in [1.165, 1.54) is 6.92 Å². The van der Waals surface area contributed by atoms with Gasteiger partial charge in [-0.25, -0.2) is 4.98 Å². The average molecular weight is 239 g/mol. The number of hydrogen-bond donors (Lipinski definition) is 0. The SMILES string of the molecule is CCN1CCc2nc(Cl)c(C(C)=O)cc2C1. The lowest BCUT2D eigenvalue weighted by molar-refractivity contribution is 0.101. The van der Waals surface area contributed by atoms with Crippen LogP contribution in [0, 0.1) is 0 Å². The molecule has 2 rings (SSSR count). The number of pyridine rings is 1. The predicted molar refractivity (Wildman–Crippen MR) is 63.9 cm³/mol. The molecule has 0 amide bonds. The molecule has 0 spiro atoms. The molecule has 86 valence electrons. The number of carbonyl (C=O) groups excluding carboxylic acids is 1. The third kappa shape index (κ3) is 2.11. The van der Waals surface area contributed by atoms with Crippen molar-refractivity contribution in [3.8, 4) is 0 Å². The maximum absolute atomic E-state index is 11.4. The third-order valence-electron chi connectivity index (χ3n) is 3.03. The molecule has 1 aromatic heterocycles. The van der Waals surface area contributed by atoms with E-state index in [1.54, 1.807) is 0 Å². The number of halogens is 1. The van der Waals surface area contributed by atoms with Gasteiger partial charge >= 0.3 is 0 Å². The molecule has 0 fully saturated rings. The highest BCUT2D eigenvalue weighted by Gasteiger charge is 2.19. The van der Waals surface area contributed by atoms with Gasteiger partial charge in [0.25, 0.3) is 0 Å². The zero-order valence-corrected chi connectivity index (χ0v) is 10.3. The van der Waals surface area contributed by atoms with E-state index >= 15 is 0 Å². The highest BCUT2D eigenvalue weighted by molar-refractivity contribution is 6.32.